The van der Waals surface area contributed by atoms with Gasteiger partial charge in [-0.2, -0.15) is 0 Å². The minimum absolute atomic E-state index is 0.275. The van der Waals surface area contributed by atoms with E-state index in [4.69, 9.17) is 5.73 Å². The molecule has 2 heteroatoms. The van der Waals surface area contributed by atoms with E-state index in [1.165, 1.54) is 12.0 Å². The molecule has 0 aromatic heterocycles. The van der Waals surface area contributed by atoms with E-state index in [2.05, 4.69) is 6.92 Å². The van der Waals surface area contributed by atoms with Gasteiger partial charge in [-0.15, -0.1) is 0 Å². The highest BCUT2D eigenvalue weighted by Crippen LogP contribution is 2.28. The van der Waals surface area contributed by atoms with Gasteiger partial charge < -0.3 is 10.8 Å². The van der Waals surface area contributed by atoms with Gasteiger partial charge in [-0.3, -0.25) is 0 Å². The van der Waals surface area contributed by atoms with Gasteiger partial charge in [0.25, 0.3) is 0 Å². The fourth-order valence-corrected chi connectivity index (χ4v) is 2.23. The number of rotatable bonds is 5. The van der Waals surface area contributed by atoms with Crippen molar-refractivity contribution >= 4 is 0 Å². The Labute approximate surface area is 114 Å². The van der Waals surface area contributed by atoms with Gasteiger partial charge in [0.1, 0.15) is 5.75 Å². The van der Waals surface area contributed by atoms with Crippen LogP contribution in [0.4, 0.5) is 0 Å². The van der Waals surface area contributed by atoms with E-state index in [1.54, 1.807) is 6.07 Å². The Morgan fingerprint density at radius 1 is 1.11 bits per heavy atom. The number of aromatic hydroxyl groups is 1. The fraction of sp³-hybridized carbons (Fsp3) is 0.294. The van der Waals surface area contributed by atoms with Crippen LogP contribution in [0, 0.1) is 0 Å². The number of unbranched alkanes of at least 4 members (excludes halogenated alkanes) is 1. The highest BCUT2D eigenvalue weighted by Gasteiger charge is 2.13. The summed E-state index contributed by atoms with van der Waals surface area (Å²) in [6, 6.07) is 15.4. The standard InChI is InChI=1S/C17H21NO/c1-2-3-7-13-10-11-16(19)15(12-13)17(18)14-8-5-4-6-9-14/h4-6,8-12,17,19H,2-3,7,18H2,1H3. The smallest absolute Gasteiger partial charge is 0.120 e. The third kappa shape index (κ3) is 3.36. The summed E-state index contributed by atoms with van der Waals surface area (Å²) in [6.07, 6.45) is 3.36. The van der Waals surface area contributed by atoms with Gasteiger partial charge in [-0.1, -0.05) is 55.8 Å². The van der Waals surface area contributed by atoms with Gasteiger partial charge in [-0.05, 0) is 30.0 Å². The van der Waals surface area contributed by atoms with Crippen LogP contribution in [0.15, 0.2) is 48.5 Å². The van der Waals surface area contributed by atoms with E-state index in [9.17, 15) is 5.11 Å². The number of aryl methyl sites for hydroxylation is 1. The van der Waals surface area contributed by atoms with Gasteiger partial charge in [0.15, 0.2) is 0 Å². The molecule has 0 aliphatic carbocycles. The molecule has 1 atom stereocenters. The topological polar surface area (TPSA) is 46.2 Å². The molecule has 0 spiro atoms. The quantitative estimate of drug-likeness (QED) is 0.854. The molecule has 0 saturated heterocycles. The fourth-order valence-electron chi connectivity index (χ4n) is 2.23. The second-order valence-electron chi connectivity index (χ2n) is 4.89. The van der Waals surface area contributed by atoms with E-state index in [0.29, 0.717) is 0 Å². The Bertz CT molecular complexity index is 522. The van der Waals surface area contributed by atoms with Crippen LogP contribution >= 0.6 is 0 Å². The first kappa shape index (κ1) is 13.6. The van der Waals surface area contributed by atoms with E-state index in [-0.39, 0.29) is 11.8 Å². The largest absolute Gasteiger partial charge is 0.508 e. The molecule has 0 heterocycles. The van der Waals surface area contributed by atoms with E-state index in [1.807, 2.05) is 42.5 Å². The molecular formula is C17H21NO. The first-order chi connectivity index (χ1) is 9.22. The number of hydrogen-bond acceptors (Lipinski definition) is 2. The van der Waals surface area contributed by atoms with Crippen molar-refractivity contribution in [3.63, 3.8) is 0 Å². The zero-order chi connectivity index (χ0) is 13.7. The van der Waals surface area contributed by atoms with Crippen molar-refractivity contribution in [3.8, 4) is 5.75 Å². The van der Waals surface area contributed by atoms with Crippen LogP contribution in [0.3, 0.4) is 0 Å². The SMILES string of the molecule is CCCCc1ccc(O)c(C(N)c2ccccc2)c1. The molecular weight excluding hydrogens is 234 g/mol. The highest BCUT2D eigenvalue weighted by molar-refractivity contribution is 5.42. The van der Waals surface area contributed by atoms with Gasteiger partial charge in [0.2, 0.25) is 0 Å². The Morgan fingerprint density at radius 3 is 2.53 bits per heavy atom. The molecule has 0 fully saturated rings. The van der Waals surface area contributed by atoms with Crippen molar-refractivity contribution in [1.29, 1.82) is 0 Å². The average molecular weight is 255 g/mol. The molecule has 3 N–H and O–H groups in total. The molecule has 2 aromatic rings. The normalized spacial score (nSPS) is 12.3. The number of benzene rings is 2. The second-order valence-corrected chi connectivity index (χ2v) is 4.89. The van der Waals surface area contributed by atoms with Crippen LogP contribution in [-0.2, 0) is 6.42 Å². The Kier molecular flexibility index (Phi) is 4.58. The predicted octanol–water partition coefficient (Wildman–Crippen LogP) is 3.78. The third-order valence-corrected chi connectivity index (χ3v) is 3.40. The Balaban J connectivity index is 2.28. The minimum Gasteiger partial charge on any atom is -0.508 e. The van der Waals surface area contributed by atoms with Crippen molar-refractivity contribution in [2.75, 3.05) is 0 Å². The molecule has 19 heavy (non-hydrogen) atoms. The van der Waals surface area contributed by atoms with E-state index in [0.717, 1.165) is 24.0 Å². The lowest BCUT2D eigenvalue weighted by Crippen LogP contribution is -2.12. The van der Waals surface area contributed by atoms with Gasteiger partial charge >= 0.3 is 0 Å². The molecule has 0 bridgehead atoms. The molecule has 1 unspecified atom stereocenters. The van der Waals surface area contributed by atoms with Crippen LogP contribution < -0.4 is 5.73 Å². The highest BCUT2D eigenvalue weighted by atomic mass is 16.3. The first-order valence-corrected chi connectivity index (χ1v) is 6.84. The predicted molar refractivity (Wildman–Crippen MR) is 79.2 cm³/mol. The Morgan fingerprint density at radius 2 is 1.84 bits per heavy atom. The lowest BCUT2D eigenvalue weighted by Gasteiger charge is -2.15. The summed E-state index contributed by atoms with van der Waals surface area (Å²) < 4.78 is 0. The molecule has 2 rings (SSSR count). The van der Waals surface area contributed by atoms with Crippen LogP contribution in [0.2, 0.25) is 0 Å². The average Bonchev–Trinajstić information content (AvgIpc) is 2.46. The summed E-state index contributed by atoms with van der Waals surface area (Å²) in [6.45, 7) is 2.18. The van der Waals surface area contributed by atoms with Crippen molar-refractivity contribution in [2.45, 2.75) is 32.2 Å². The maximum atomic E-state index is 10.0. The maximum absolute atomic E-state index is 10.0. The first-order valence-electron chi connectivity index (χ1n) is 6.84. The summed E-state index contributed by atoms with van der Waals surface area (Å²) in [5.41, 5.74) is 9.32. The number of phenols is 1. The summed E-state index contributed by atoms with van der Waals surface area (Å²) in [5, 5.41) is 10.0. The zero-order valence-electron chi connectivity index (χ0n) is 11.3. The van der Waals surface area contributed by atoms with E-state index < -0.39 is 0 Å². The van der Waals surface area contributed by atoms with Crippen molar-refractivity contribution in [2.24, 2.45) is 5.73 Å². The van der Waals surface area contributed by atoms with Crippen LogP contribution in [-0.4, -0.2) is 5.11 Å². The zero-order valence-corrected chi connectivity index (χ0v) is 11.3. The van der Waals surface area contributed by atoms with Crippen molar-refractivity contribution in [1.82, 2.24) is 0 Å². The lowest BCUT2D eigenvalue weighted by atomic mass is 9.96. The molecule has 0 radical (unpaired) electrons. The summed E-state index contributed by atoms with van der Waals surface area (Å²) in [5.74, 6) is 0.275. The molecule has 2 aromatic carbocycles. The monoisotopic (exact) mass is 255 g/mol. The summed E-state index contributed by atoms with van der Waals surface area (Å²) in [4.78, 5) is 0. The summed E-state index contributed by atoms with van der Waals surface area (Å²) >= 11 is 0. The van der Waals surface area contributed by atoms with Crippen LogP contribution in [0.1, 0.15) is 42.5 Å². The molecule has 0 aliphatic heterocycles. The lowest BCUT2D eigenvalue weighted by molar-refractivity contribution is 0.465. The van der Waals surface area contributed by atoms with E-state index >= 15 is 0 Å². The minimum atomic E-state index is -0.275. The Hall–Kier alpha value is -1.80. The molecule has 0 saturated carbocycles. The molecule has 0 amide bonds. The van der Waals surface area contributed by atoms with Crippen LogP contribution in [0.25, 0.3) is 0 Å². The molecule has 100 valence electrons. The van der Waals surface area contributed by atoms with Gasteiger partial charge in [-0.25, -0.2) is 0 Å². The van der Waals surface area contributed by atoms with Gasteiger partial charge in [0, 0.05) is 5.56 Å². The van der Waals surface area contributed by atoms with Crippen molar-refractivity contribution < 1.29 is 5.11 Å². The number of phenolic OH excluding ortho intramolecular Hbond substituents is 1. The van der Waals surface area contributed by atoms with Gasteiger partial charge in [0.05, 0.1) is 6.04 Å². The van der Waals surface area contributed by atoms with Crippen LogP contribution in [0.5, 0.6) is 5.75 Å². The maximum Gasteiger partial charge on any atom is 0.120 e. The number of hydrogen-bond donors (Lipinski definition) is 2. The number of nitrogens with two attached hydrogens (primary N) is 1. The summed E-state index contributed by atoms with van der Waals surface area (Å²) in [7, 11) is 0. The second kappa shape index (κ2) is 6.39. The molecule has 0 aliphatic rings. The molecule has 2 nitrogen and oxygen atoms in total. The third-order valence-electron chi connectivity index (χ3n) is 3.40. The van der Waals surface area contributed by atoms with Crippen molar-refractivity contribution in [3.05, 3.63) is 65.2 Å².